The maximum Gasteiger partial charge on any atom is 0.416 e. The van der Waals surface area contributed by atoms with E-state index >= 15 is 0 Å². The van der Waals surface area contributed by atoms with Crippen LogP contribution in [0.4, 0.5) is 13.2 Å². The smallest absolute Gasteiger partial charge is 0.324 e. The van der Waals surface area contributed by atoms with E-state index in [2.05, 4.69) is 14.5 Å². The number of benzene rings is 2. The number of alkyl halides is 3. The Balaban J connectivity index is 0.00000245. The minimum absolute atomic E-state index is 0. The van der Waals surface area contributed by atoms with Crippen molar-refractivity contribution in [2.75, 3.05) is 13.1 Å². The average Bonchev–Trinajstić information content (AvgIpc) is 3.11. The lowest BCUT2D eigenvalue weighted by atomic mass is 9.83. The van der Waals surface area contributed by atoms with Crippen molar-refractivity contribution in [3.05, 3.63) is 53.1 Å². The van der Waals surface area contributed by atoms with E-state index in [1.165, 1.54) is 37.8 Å². The van der Waals surface area contributed by atoms with E-state index in [0.717, 1.165) is 37.1 Å². The number of halogens is 5. The van der Waals surface area contributed by atoms with Gasteiger partial charge >= 0.3 is 6.18 Å². The molecule has 2 saturated heterocycles. The van der Waals surface area contributed by atoms with Gasteiger partial charge in [-0.05, 0) is 87.2 Å². The van der Waals surface area contributed by atoms with Crippen molar-refractivity contribution < 1.29 is 13.2 Å². The first-order chi connectivity index (χ1) is 14.9. The van der Waals surface area contributed by atoms with E-state index in [9.17, 15) is 13.2 Å². The summed E-state index contributed by atoms with van der Waals surface area (Å²) in [5.41, 5.74) is 1.34. The number of piperidine rings is 2. The lowest BCUT2D eigenvalue weighted by Gasteiger charge is -2.44. The SMILES string of the molecule is Cl.FC(F)(F)c1ccc2c(c1)nc(-c1ccc(Cl)cc1)n2C[C@H]1CCCN2CCCCC12. The Morgan fingerprint density at radius 1 is 0.969 bits per heavy atom. The van der Waals surface area contributed by atoms with Crippen LogP contribution < -0.4 is 0 Å². The van der Waals surface area contributed by atoms with Gasteiger partial charge in [-0.25, -0.2) is 4.98 Å². The minimum atomic E-state index is -4.38. The molecule has 0 spiro atoms. The molecular formula is C24H26Cl2F3N3. The molecule has 0 N–H and O–H groups in total. The molecule has 2 fully saturated rings. The van der Waals surface area contributed by atoms with Gasteiger partial charge in [0.2, 0.25) is 0 Å². The fourth-order valence-electron chi connectivity index (χ4n) is 5.33. The Hall–Kier alpha value is -1.76. The van der Waals surface area contributed by atoms with E-state index in [1.807, 2.05) is 12.1 Å². The number of fused-ring (bicyclic) bond motifs is 2. The zero-order valence-electron chi connectivity index (χ0n) is 17.6. The summed E-state index contributed by atoms with van der Waals surface area (Å²) in [5.74, 6) is 1.18. The van der Waals surface area contributed by atoms with E-state index < -0.39 is 11.7 Å². The summed E-state index contributed by atoms with van der Waals surface area (Å²) in [7, 11) is 0. The molecule has 5 rings (SSSR count). The summed E-state index contributed by atoms with van der Waals surface area (Å²) < 4.78 is 42.0. The quantitative estimate of drug-likeness (QED) is 0.397. The van der Waals surface area contributed by atoms with Gasteiger partial charge in [0.1, 0.15) is 5.82 Å². The molecule has 32 heavy (non-hydrogen) atoms. The first-order valence-electron chi connectivity index (χ1n) is 11.0. The number of hydrogen-bond acceptors (Lipinski definition) is 2. The Morgan fingerprint density at radius 2 is 1.72 bits per heavy atom. The molecule has 172 valence electrons. The topological polar surface area (TPSA) is 21.1 Å². The van der Waals surface area contributed by atoms with Crippen molar-refractivity contribution in [1.29, 1.82) is 0 Å². The zero-order chi connectivity index (χ0) is 21.6. The van der Waals surface area contributed by atoms with Crippen LogP contribution in [0.3, 0.4) is 0 Å². The predicted molar refractivity (Wildman–Crippen MR) is 124 cm³/mol. The summed E-state index contributed by atoms with van der Waals surface area (Å²) in [5, 5.41) is 0.621. The third kappa shape index (κ3) is 4.50. The number of imidazole rings is 1. The summed E-state index contributed by atoms with van der Waals surface area (Å²) in [6.45, 7) is 3.08. The molecule has 8 heteroatoms. The van der Waals surface area contributed by atoms with Gasteiger partial charge in [-0.15, -0.1) is 12.4 Å². The molecule has 3 heterocycles. The van der Waals surface area contributed by atoms with E-state index in [4.69, 9.17) is 11.6 Å². The number of nitrogens with zero attached hydrogens (tertiary/aromatic N) is 3. The molecule has 3 nitrogen and oxygen atoms in total. The van der Waals surface area contributed by atoms with Crippen LogP contribution in [0.25, 0.3) is 22.4 Å². The highest BCUT2D eigenvalue weighted by molar-refractivity contribution is 6.30. The predicted octanol–water partition coefficient (Wildman–Crippen LogP) is 7.06. The first-order valence-corrected chi connectivity index (χ1v) is 11.4. The third-order valence-electron chi connectivity index (χ3n) is 6.82. The number of aromatic nitrogens is 2. The van der Waals surface area contributed by atoms with Crippen LogP contribution in [-0.2, 0) is 12.7 Å². The van der Waals surface area contributed by atoms with Gasteiger partial charge in [0.25, 0.3) is 0 Å². The van der Waals surface area contributed by atoms with Crippen molar-refractivity contribution >= 4 is 35.0 Å². The molecule has 2 atom stereocenters. The van der Waals surface area contributed by atoms with Gasteiger partial charge in [0.05, 0.1) is 16.6 Å². The molecule has 0 saturated carbocycles. The third-order valence-corrected chi connectivity index (χ3v) is 7.08. The Labute approximate surface area is 197 Å². The van der Waals surface area contributed by atoms with Crippen LogP contribution in [-0.4, -0.2) is 33.6 Å². The molecule has 0 amide bonds. The maximum atomic E-state index is 13.3. The van der Waals surface area contributed by atoms with Crippen molar-refractivity contribution in [2.24, 2.45) is 5.92 Å². The zero-order valence-corrected chi connectivity index (χ0v) is 19.2. The van der Waals surface area contributed by atoms with Gasteiger partial charge in [0.15, 0.2) is 0 Å². The largest absolute Gasteiger partial charge is 0.416 e. The lowest BCUT2D eigenvalue weighted by molar-refractivity contribution is -0.137. The molecule has 1 unspecified atom stereocenters. The standard InChI is InChI=1S/C24H25ClF3N3.ClH/c25-19-9-6-16(7-10-19)23-29-20-14-18(24(26,27)28)8-11-22(20)31(23)15-17-4-3-13-30-12-2-1-5-21(17)30;/h6-11,14,17,21H,1-5,12-13,15H2;1H/t17-,21?;/m1./s1. The average molecular weight is 484 g/mol. The van der Waals surface area contributed by atoms with Crippen LogP contribution in [0.1, 0.15) is 37.7 Å². The highest BCUT2D eigenvalue weighted by Crippen LogP contribution is 2.36. The van der Waals surface area contributed by atoms with Crippen LogP contribution in [0.2, 0.25) is 5.02 Å². The van der Waals surface area contributed by atoms with Crippen LogP contribution in [0, 0.1) is 5.92 Å². The van der Waals surface area contributed by atoms with Gasteiger partial charge in [0, 0.05) is 23.2 Å². The Bertz CT molecular complexity index is 1080. The van der Waals surface area contributed by atoms with Crippen molar-refractivity contribution in [3.63, 3.8) is 0 Å². The molecule has 2 aliphatic rings. The highest BCUT2D eigenvalue weighted by Gasteiger charge is 2.34. The summed E-state index contributed by atoms with van der Waals surface area (Å²) in [6, 6.07) is 11.8. The van der Waals surface area contributed by atoms with Gasteiger partial charge in [-0.3, -0.25) is 0 Å². The van der Waals surface area contributed by atoms with Gasteiger partial charge in [-0.1, -0.05) is 18.0 Å². The van der Waals surface area contributed by atoms with Crippen molar-refractivity contribution in [2.45, 2.75) is 50.9 Å². The second-order valence-electron chi connectivity index (χ2n) is 8.76. The summed E-state index contributed by atoms with van der Waals surface area (Å²) in [6.07, 6.45) is 1.63. The summed E-state index contributed by atoms with van der Waals surface area (Å²) >= 11 is 6.06. The van der Waals surface area contributed by atoms with Gasteiger partial charge in [-0.2, -0.15) is 13.2 Å². The molecule has 2 aromatic carbocycles. The molecule has 0 bridgehead atoms. The fourth-order valence-corrected chi connectivity index (χ4v) is 5.46. The molecule has 2 aliphatic heterocycles. The lowest BCUT2D eigenvalue weighted by Crippen LogP contribution is -2.49. The maximum absolute atomic E-state index is 13.3. The van der Waals surface area contributed by atoms with Crippen LogP contribution >= 0.6 is 24.0 Å². The molecule has 3 aromatic rings. The number of rotatable bonds is 3. The van der Waals surface area contributed by atoms with Crippen molar-refractivity contribution in [1.82, 2.24) is 14.5 Å². The Kier molecular flexibility index (Phi) is 6.76. The summed E-state index contributed by atoms with van der Waals surface area (Å²) in [4.78, 5) is 7.27. The van der Waals surface area contributed by atoms with Crippen LogP contribution in [0.15, 0.2) is 42.5 Å². The van der Waals surface area contributed by atoms with E-state index in [-0.39, 0.29) is 12.4 Å². The van der Waals surface area contributed by atoms with Crippen molar-refractivity contribution in [3.8, 4) is 11.4 Å². The van der Waals surface area contributed by atoms with E-state index in [1.54, 1.807) is 18.2 Å². The second kappa shape index (κ2) is 9.24. The first kappa shape index (κ1) is 23.4. The van der Waals surface area contributed by atoms with Gasteiger partial charge < -0.3 is 9.47 Å². The molecule has 1 aromatic heterocycles. The number of hydrogen-bond donors (Lipinski definition) is 0. The molecular weight excluding hydrogens is 458 g/mol. The van der Waals surface area contributed by atoms with E-state index in [0.29, 0.717) is 28.3 Å². The fraction of sp³-hybridized carbons (Fsp3) is 0.458. The second-order valence-corrected chi connectivity index (χ2v) is 9.19. The highest BCUT2D eigenvalue weighted by atomic mass is 35.5. The molecule has 0 aliphatic carbocycles. The minimum Gasteiger partial charge on any atom is -0.324 e. The Morgan fingerprint density at radius 3 is 2.47 bits per heavy atom. The monoisotopic (exact) mass is 483 g/mol. The van der Waals surface area contributed by atoms with Crippen LogP contribution in [0.5, 0.6) is 0 Å². The normalized spacial score (nSPS) is 21.9. The molecule has 0 radical (unpaired) electrons.